The van der Waals surface area contributed by atoms with Crippen molar-refractivity contribution in [2.75, 3.05) is 6.61 Å². The van der Waals surface area contributed by atoms with E-state index < -0.39 is 21.4 Å². The topological polar surface area (TPSA) is 107 Å². The van der Waals surface area contributed by atoms with Crippen LogP contribution in [0.5, 0.6) is 0 Å². The van der Waals surface area contributed by atoms with Crippen LogP contribution >= 0.6 is 0 Å². The lowest BCUT2D eigenvalue weighted by atomic mass is 9.81. The number of nitrogens with two attached hydrogens (primary N) is 1. The number of nitrogens with zero attached hydrogens (tertiary/aromatic N) is 2. The third-order valence-electron chi connectivity index (χ3n) is 7.42. The molecule has 33 heavy (non-hydrogen) atoms. The Balaban J connectivity index is 1.15. The van der Waals surface area contributed by atoms with Crippen LogP contribution in [0.1, 0.15) is 50.1 Å². The Morgan fingerprint density at radius 3 is 2.79 bits per heavy atom. The number of aliphatic hydroxyl groups excluding tert-OH is 1. The van der Waals surface area contributed by atoms with Crippen LogP contribution in [-0.4, -0.2) is 47.1 Å². The van der Waals surface area contributed by atoms with Crippen molar-refractivity contribution >= 4 is 10.0 Å². The molecule has 1 aromatic carbocycles. The van der Waals surface area contributed by atoms with Crippen molar-refractivity contribution in [3.05, 3.63) is 66.2 Å². The van der Waals surface area contributed by atoms with Crippen LogP contribution in [0.3, 0.4) is 0 Å². The molecule has 3 unspecified atom stereocenters. The lowest BCUT2D eigenvalue weighted by Crippen LogP contribution is -2.34. The molecule has 3 aliphatic rings. The summed E-state index contributed by atoms with van der Waals surface area (Å²) in [6, 6.07) is 8.48. The second-order valence-corrected chi connectivity index (χ2v) is 11.2. The smallest absolute Gasteiger partial charge is 0.216 e. The predicted molar refractivity (Wildman–Crippen MR) is 127 cm³/mol. The summed E-state index contributed by atoms with van der Waals surface area (Å²) >= 11 is 0. The Hall–Kier alpha value is -2.26. The molecule has 0 saturated heterocycles. The standard InChI is InChI=1S/C25H31N3O4S/c26-33(30,31)25-8-4-1-5-18(25)15-32-19-11-9-17(10-12-19)24(29)13-22-20-6-2-3-7-21(20)23-14-27-16-28(22)23/h1-7,14,16-17,19,22,24-25,29H,8-13,15H2,(H2,26,30,31). The summed E-state index contributed by atoms with van der Waals surface area (Å²) in [6.07, 6.45) is 13.5. The number of aliphatic hydroxyl groups is 1. The first-order chi connectivity index (χ1) is 15.9. The maximum Gasteiger partial charge on any atom is 0.216 e. The van der Waals surface area contributed by atoms with Gasteiger partial charge in [0, 0.05) is 5.56 Å². The van der Waals surface area contributed by atoms with Crippen LogP contribution in [0.2, 0.25) is 0 Å². The molecule has 7 nitrogen and oxygen atoms in total. The van der Waals surface area contributed by atoms with Gasteiger partial charge >= 0.3 is 0 Å². The number of allylic oxidation sites excluding steroid dienone is 3. The van der Waals surface area contributed by atoms with Crippen molar-refractivity contribution < 1.29 is 18.3 Å². The monoisotopic (exact) mass is 469 g/mol. The largest absolute Gasteiger partial charge is 0.393 e. The van der Waals surface area contributed by atoms with Gasteiger partial charge in [0.2, 0.25) is 10.0 Å². The van der Waals surface area contributed by atoms with Crippen LogP contribution < -0.4 is 5.14 Å². The average molecular weight is 470 g/mol. The first-order valence-corrected chi connectivity index (χ1v) is 13.3. The zero-order chi connectivity index (χ0) is 23.0. The minimum Gasteiger partial charge on any atom is -0.393 e. The molecule has 8 heteroatoms. The highest BCUT2D eigenvalue weighted by molar-refractivity contribution is 7.90. The minimum atomic E-state index is -3.64. The van der Waals surface area contributed by atoms with Crippen LogP contribution in [0.25, 0.3) is 11.3 Å². The molecule has 0 spiro atoms. The highest BCUT2D eigenvalue weighted by atomic mass is 32.2. The van der Waals surface area contributed by atoms with Gasteiger partial charge in [0.05, 0.1) is 43.1 Å². The van der Waals surface area contributed by atoms with Crippen molar-refractivity contribution in [1.82, 2.24) is 9.55 Å². The first kappa shape index (κ1) is 22.5. The normalized spacial score (nSPS) is 27.6. The summed E-state index contributed by atoms with van der Waals surface area (Å²) < 4.78 is 32.0. The summed E-state index contributed by atoms with van der Waals surface area (Å²) in [5, 5.41) is 15.8. The van der Waals surface area contributed by atoms with E-state index in [-0.39, 0.29) is 24.7 Å². The van der Waals surface area contributed by atoms with Gasteiger partial charge in [-0.1, -0.05) is 42.5 Å². The number of hydrogen-bond donors (Lipinski definition) is 2. The van der Waals surface area contributed by atoms with E-state index in [1.807, 2.05) is 30.7 Å². The number of ether oxygens (including phenoxy) is 1. The fourth-order valence-electron chi connectivity index (χ4n) is 5.59. The van der Waals surface area contributed by atoms with Crippen molar-refractivity contribution in [1.29, 1.82) is 0 Å². The Morgan fingerprint density at radius 1 is 1.21 bits per heavy atom. The number of sulfonamides is 1. The number of hydrogen-bond acceptors (Lipinski definition) is 5. The fourth-order valence-corrected chi connectivity index (χ4v) is 6.53. The third-order valence-corrected chi connectivity index (χ3v) is 8.71. The van der Waals surface area contributed by atoms with E-state index in [9.17, 15) is 13.5 Å². The van der Waals surface area contributed by atoms with Crippen molar-refractivity contribution in [2.45, 2.75) is 62.0 Å². The fraction of sp³-hybridized carbons (Fsp3) is 0.480. The molecule has 1 saturated carbocycles. The van der Waals surface area contributed by atoms with Crippen molar-refractivity contribution in [2.24, 2.45) is 11.1 Å². The summed E-state index contributed by atoms with van der Waals surface area (Å²) in [4.78, 5) is 4.31. The van der Waals surface area contributed by atoms with Crippen molar-refractivity contribution in [3.8, 4) is 11.3 Å². The Bertz CT molecular complexity index is 1160. The summed E-state index contributed by atoms with van der Waals surface area (Å²) in [6.45, 7) is 0.283. The summed E-state index contributed by atoms with van der Waals surface area (Å²) in [5.41, 5.74) is 4.29. The first-order valence-electron chi connectivity index (χ1n) is 11.7. The Labute approximate surface area is 195 Å². The van der Waals surface area contributed by atoms with Gasteiger partial charge in [-0.2, -0.15) is 0 Å². The van der Waals surface area contributed by atoms with E-state index in [1.165, 1.54) is 11.1 Å². The molecule has 2 aliphatic carbocycles. The second kappa shape index (κ2) is 9.18. The van der Waals surface area contributed by atoms with E-state index in [4.69, 9.17) is 9.88 Å². The van der Waals surface area contributed by atoms with Gasteiger partial charge in [-0.05, 0) is 55.6 Å². The number of rotatable bonds is 7. The Morgan fingerprint density at radius 2 is 2.00 bits per heavy atom. The van der Waals surface area contributed by atoms with Crippen LogP contribution in [-0.2, 0) is 14.8 Å². The van der Waals surface area contributed by atoms with E-state index in [0.717, 1.165) is 37.0 Å². The van der Waals surface area contributed by atoms with E-state index in [2.05, 4.69) is 27.8 Å². The molecule has 5 rings (SSSR count). The van der Waals surface area contributed by atoms with Crippen LogP contribution in [0.15, 0.2) is 60.6 Å². The zero-order valence-corrected chi connectivity index (χ0v) is 19.4. The van der Waals surface area contributed by atoms with E-state index >= 15 is 0 Å². The molecule has 3 N–H and O–H groups in total. The molecule has 2 aromatic rings. The van der Waals surface area contributed by atoms with Crippen LogP contribution in [0, 0.1) is 5.92 Å². The Kier molecular flexibility index (Phi) is 6.26. The van der Waals surface area contributed by atoms with E-state index in [1.54, 1.807) is 6.08 Å². The molecule has 1 aromatic heterocycles. The molecular weight excluding hydrogens is 438 g/mol. The molecule has 1 fully saturated rings. The number of imidazole rings is 1. The number of aromatic nitrogens is 2. The zero-order valence-electron chi connectivity index (χ0n) is 18.6. The number of fused-ring (bicyclic) bond motifs is 3. The molecule has 3 atom stereocenters. The third kappa shape index (κ3) is 4.57. The average Bonchev–Trinajstić information content (AvgIpc) is 3.40. The molecular formula is C25H31N3O4S. The molecule has 0 bridgehead atoms. The second-order valence-electron chi connectivity index (χ2n) is 9.42. The number of primary sulfonamides is 1. The summed E-state index contributed by atoms with van der Waals surface area (Å²) in [5.74, 6) is 0.235. The van der Waals surface area contributed by atoms with Gasteiger partial charge in [0.25, 0.3) is 0 Å². The molecule has 0 amide bonds. The van der Waals surface area contributed by atoms with Crippen LogP contribution in [0.4, 0.5) is 0 Å². The number of benzene rings is 1. The predicted octanol–water partition coefficient (Wildman–Crippen LogP) is 3.32. The molecule has 2 heterocycles. The highest BCUT2D eigenvalue weighted by Crippen LogP contribution is 2.42. The lowest BCUT2D eigenvalue weighted by Gasteiger charge is -2.33. The maximum atomic E-state index is 11.9. The SMILES string of the molecule is NS(=O)(=O)C1CC=CC=C1COC1CCC(C(O)CC2c3ccccc3-c3cncn32)CC1. The van der Waals surface area contributed by atoms with Crippen molar-refractivity contribution in [3.63, 3.8) is 0 Å². The van der Waals surface area contributed by atoms with Gasteiger partial charge in [-0.3, -0.25) is 0 Å². The maximum absolute atomic E-state index is 11.9. The minimum absolute atomic E-state index is 0.0776. The lowest BCUT2D eigenvalue weighted by molar-refractivity contribution is -0.000865. The van der Waals surface area contributed by atoms with Gasteiger partial charge in [-0.15, -0.1) is 0 Å². The van der Waals surface area contributed by atoms with Gasteiger partial charge < -0.3 is 14.4 Å². The molecule has 0 radical (unpaired) electrons. The quantitative estimate of drug-likeness (QED) is 0.647. The summed E-state index contributed by atoms with van der Waals surface area (Å²) in [7, 11) is -3.64. The molecule has 176 valence electrons. The molecule has 1 aliphatic heterocycles. The van der Waals surface area contributed by atoms with Gasteiger partial charge in [0.1, 0.15) is 5.25 Å². The van der Waals surface area contributed by atoms with Gasteiger partial charge in [0.15, 0.2) is 0 Å². The van der Waals surface area contributed by atoms with Gasteiger partial charge in [-0.25, -0.2) is 18.5 Å². The van der Waals surface area contributed by atoms with E-state index in [0.29, 0.717) is 12.8 Å². The highest BCUT2D eigenvalue weighted by Gasteiger charge is 2.34.